The van der Waals surface area contributed by atoms with E-state index in [0.29, 0.717) is 18.8 Å². The Labute approximate surface area is 118 Å². The van der Waals surface area contributed by atoms with Crippen molar-refractivity contribution in [3.63, 3.8) is 0 Å². The Morgan fingerprint density at radius 3 is 2.45 bits per heavy atom. The van der Waals surface area contributed by atoms with Gasteiger partial charge in [0.2, 0.25) is 0 Å². The SMILES string of the molecule is COc1ccc(OCC(=O)N2CCC(C#N)CC2)cc1. The number of rotatable bonds is 4. The molecule has 0 aliphatic carbocycles. The van der Waals surface area contributed by atoms with Gasteiger partial charge in [0.25, 0.3) is 5.91 Å². The number of nitriles is 1. The topological polar surface area (TPSA) is 62.6 Å². The molecule has 0 bridgehead atoms. The molecule has 0 atom stereocenters. The maximum absolute atomic E-state index is 12.0. The van der Waals surface area contributed by atoms with Crippen LogP contribution in [-0.4, -0.2) is 37.6 Å². The highest BCUT2D eigenvalue weighted by Gasteiger charge is 2.22. The molecule has 0 aromatic heterocycles. The van der Waals surface area contributed by atoms with Crippen molar-refractivity contribution in [2.24, 2.45) is 5.92 Å². The summed E-state index contributed by atoms with van der Waals surface area (Å²) in [6, 6.07) is 9.37. The molecule has 1 aliphatic heterocycles. The number of hydrogen-bond donors (Lipinski definition) is 0. The molecule has 2 rings (SSSR count). The molecule has 1 heterocycles. The first-order valence-electron chi connectivity index (χ1n) is 6.67. The summed E-state index contributed by atoms with van der Waals surface area (Å²) in [5.74, 6) is 1.45. The van der Waals surface area contributed by atoms with Gasteiger partial charge in [0, 0.05) is 19.0 Å². The van der Waals surface area contributed by atoms with E-state index in [0.717, 1.165) is 18.6 Å². The number of carbonyl (C=O) groups excluding carboxylic acids is 1. The third-order valence-electron chi connectivity index (χ3n) is 3.45. The van der Waals surface area contributed by atoms with E-state index in [1.807, 2.05) is 0 Å². The number of benzene rings is 1. The van der Waals surface area contributed by atoms with Crippen molar-refractivity contribution in [3.05, 3.63) is 24.3 Å². The summed E-state index contributed by atoms with van der Waals surface area (Å²) in [4.78, 5) is 13.7. The first-order chi connectivity index (χ1) is 9.72. The van der Waals surface area contributed by atoms with Crippen LogP contribution in [-0.2, 0) is 4.79 Å². The zero-order valence-electron chi connectivity index (χ0n) is 11.5. The highest BCUT2D eigenvalue weighted by molar-refractivity contribution is 5.77. The number of hydrogen-bond acceptors (Lipinski definition) is 4. The lowest BCUT2D eigenvalue weighted by Gasteiger charge is -2.29. The molecule has 1 amide bonds. The fourth-order valence-corrected chi connectivity index (χ4v) is 2.17. The van der Waals surface area contributed by atoms with Crippen LogP contribution in [0.1, 0.15) is 12.8 Å². The Morgan fingerprint density at radius 1 is 1.30 bits per heavy atom. The van der Waals surface area contributed by atoms with Crippen LogP contribution >= 0.6 is 0 Å². The van der Waals surface area contributed by atoms with Crippen LogP contribution in [0, 0.1) is 17.2 Å². The Bertz CT molecular complexity index is 485. The molecule has 106 valence electrons. The first kappa shape index (κ1) is 14.2. The van der Waals surface area contributed by atoms with E-state index in [2.05, 4.69) is 6.07 Å². The van der Waals surface area contributed by atoms with Gasteiger partial charge in [-0.25, -0.2) is 0 Å². The minimum Gasteiger partial charge on any atom is -0.497 e. The van der Waals surface area contributed by atoms with Crippen LogP contribution in [0.25, 0.3) is 0 Å². The van der Waals surface area contributed by atoms with Gasteiger partial charge < -0.3 is 14.4 Å². The zero-order valence-corrected chi connectivity index (χ0v) is 11.5. The summed E-state index contributed by atoms with van der Waals surface area (Å²) in [5, 5.41) is 8.82. The lowest BCUT2D eigenvalue weighted by molar-refractivity contribution is -0.134. The van der Waals surface area contributed by atoms with E-state index in [9.17, 15) is 4.79 Å². The number of piperidine rings is 1. The molecule has 0 radical (unpaired) electrons. The van der Waals surface area contributed by atoms with Crippen molar-refractivity contribution in [3.8, 4) is 17.6 Å². The number of methoxy groups -OCH3 is 1. The van der Waals surface area contributed by atoms with Crippen molar-refractivity contribution < 1.29 is 14.3 Å². The average Bonchev–Trinajstić information content (AvgIpc) is 2.53. The van der Waals surface area contributed by atoms with Crippen LogP contribution in [0.5, 0.6) is 11.5 Å². The second kappa shape index (κ2) is 6.80. The number of ether oxygens (including phenoxy) is 2. The number of nitrogens with zero attached hydrogens (tertiary/aromatic N) is 2. The molecular formula is C15H18N2O3. The van der Waals surface area contributed by atoms with Crippen LogP contribution in [0.4, 0.5) is 0 Å². The smallest absolute Gasteiger partial charge is 0.260 e. The minimum atomic E-state index is -0.0304. The van der Waals surface area contributed by atoms with Crippen LogP contribution < -0.4 is 9.47 Å². The molecule has 1 saturated heterocycles. The second-order valence-electron chi connectivity index (χ2n) is 4.75. The highest BCUT2D eigenvalue weighted by Crippen LogP contribution is 2.18. The number of amides is 1. The van der Waals surface area contributed by atoms with Gasteiger partial charge >= 0.3 is 0 Å². The van der Waals surface area contributed by atoms with Crippen LogP contribution in [0.3, 0.4) is 0 Å². The second-order valence-corrected chi connectivity index (χ2v) is 4.75. The van der Waals surface area contributed by atoms with Gasteiger partial charge in [-0.1, -0.05) is 0 Å². The monoisotopic (exact) mass is 274 g/mol. The molecule has 0 N–H and O–H groups in total. The molecule has 0 saturated carbocycles. The molecule has 5 heteroatoms. The predicted octanol–water partition coefficient (Wildman–Crippen LogP) is 1.84. The Balaban J connectivity index is 1.79. The molecule has 0 spiro atoms. The summed E-state index contributed by atoms with van der Waals surface area (Å²) in [5.41, 5.74) is 0. The van der Waals surface area contributed by atoms with Gasteiger partial charge in [-0.05, 0) is 37.1 Å². The van der Waals surface area contributed by atoms with Crippen molar-refractivity contribution in [2.75, 3.05) is 26.8 Å². The van der Waals surface area contributed by atoms with E-state index < -0.39 is 0 Å². The van der Waals surface area contributed by atoms with Crippen molar-refractivity contribution in [1.82, 2.24) is 4.90 Å². The molecular weight excluding hydrogens is 256 g/mol. The standard InChI is InChI=1S/C15H18N2O3/c1-19-13-2-4-14(5-3-13)20-11-15(18)17-8-6-12(10-16)7-9-17/h2-5,12H,6-9,11H2,1H3. The van der Waals surface area contributed by atoms with Gasteiger partial charge in [-0.15, -0.1) is 0 Å². The van der Waals surface area contributed by atoms with Crippen LogP contribution in [0.2, 0.25) is 0 Å². The molecule has 1 aromatic rings. The molecule has 1 aliphatic rings. The average molecular weight is 274 g/mol. The lowest BCUT2D eigenvalue weighted by atomic mass is 9.99. The first-order valence-corrected chi connectivity index (χ1v) is 6.67. The van der Waals surface area contributed by atoms with E-state index in [1.165, 1.54) is 0 Å². The van der Waals surface area contributed by atoms with Gasteiger partial charge in [0.15, 0.2) is 6.61 Å². The summed E-state index contributed by atoms with van der Waals surface area (Å²) >= 11 is 0. The maximum atomic E-state index is 12.0. The van der Waals surface area contributed by atoms with Crippen LogP contribution in [0.15, 0.2) is 24.3 Å². The van der Waals surface area contributed by atoms with E-state index in [1.54, 1.807) is 36.3 Å². The molecule has 0 unspecified atom stereocenters. The number of carbonyl (C=O) groups is 1. The van der Waals surface area contributed by atoms with Crippen molar-refractivity contribution in [2.45, 2.75) is 12.8 Å². The molecule has 1 aromatic carbocycles. The Kier molecular flexibility index (Phi) is 4.83. The largest absolute Gasteiger partial charge is 0.497 e. The third-order valence-corrected chi connectivity index (χ3v) is 3.45. The predicted molar refractivity (Wildman–Crippen MR) is 73.4 cm³/mol. The molecule has 5 nitrogen and oxygen atoms in total. The summed E-state index contributed by atoms with van der Waals surface area (Å²) in [7, 11) is 1.60. The van der Waals surface area contributed by atoms with E-state index in [4.69, 9.17) is 14.7 Å². The zero-order chi connectivity index (χ0) is 14.4. The lowest BCUT2D eigenvalue weighted by Crippen LogP contribution is -2.40. The molecule has 1 fully saturated rings. The van der Waals surface area contributed by atoms with Crippen molar-refractivity contribution in [1.29, 1.82) is 5.26 Å². The summed E-state index contributed by atoms with van der Waals surface area (Å²) in [6.45, 7) is 1.32. The summed E-state index contributed by atoms with van der Waals surface area (Å²) < 4.78 is 10.5. The fourth-order valence-electron chi connectivity index (χ4n) is 2.17. The minimum absolute atomic E-state index is 0.0304. The quantitative estimate of drug-likeness (QED) is 0.840. The maximum Gasteiger partial charge on any atom is 0.260 e. The normalized spacial score (nSPS) is 15.5. The van der Waals surface area contributed by atoms with E-state index in [-0.39, 0.29) is 18.4 Å². The van der Waals surface area contributed by atoms with Gasteiger partial charge in [-0.3, -0.25) is 4.79 Å². The van der Waals surface area contributed by atoms with Gasteiger partial charge in [0.1, 0.15) is 11.5 Å². The highest BCUT2D eigenvalue weighted by atomic mass is 16.5. The fraction of sp³-hybridized carbons (Fsp3) is 0.467. The Morgan fingerprint density at radius 2 is 1.90 bits per heavy atom. The Hall–Kier alpha value is -2.22. The third kappa shape index (κ3) is 3.64. The number of likely N-dealkylation sites (tertiary alicyclic amines) is 1. The van der Waals surface area contributed by atoms with Gasteiger partial charge in [0.05, 0.1) is 13.2 Å². The molecule has 20 heavy (non-hydrogen) atoms. The summed E-state index contributed by atoms with van der Waals surface area (Å²) in [6.07, 6.45) is 1.51. The van der Waals surface area contributed by atoms with E-state index >= 15 is 0 Å². The van der Waals surface area contributed by atoms with Crippen molar-refractivity contribution >= 4 is 5.91 Å². The van der Waals surface area contributed by atoms with Gasteiger partial charge in [-0.2, -0.15) is 5.26 Å².